The molecular weight excluding hydrogens is 355 g/mol. The smallest absolute Gasteiger partial charge is 0.419 e. The molecule has 3 aromatic rings. The quantitative estimate of drug-likeness (QED) is 0.491. The highest BCUT2D eigenvalue weighted by Gasteiger charge is 2.30. The number of hydrogen-bond acceptors (Lipinski definition) is 2. The average molecular weight is 375 g/mol. The van der Waals surface area contributed by atoms with Crippen LogP contribution in [0.2, 0.25) is 0 Å². The minimum atomic E-state index is -4.41. The number of aromatic nitrogens is 1. The predicted octanol–water partition coefficient (Wildman–Crippen LogP) is 6.42. The minimum Gasteiger partial charge on any atom is -0.443 e. The lowest BCUT2D eigenvalue weighted by Gasteiger charge is -2.21. The maximum Gasteiger partial charge on any atom is 0.419 e. The van der Waals surface area contributed by atoms with Gasteiger partial charge in [-0.2, -0.15) is 13.2 Å². The third kappa shape index (κ3) is 3.84. The number of aryl methyl sites for hydroxylation is 1. The lowest BCUT2D eigenvalue weighted by molar-refractivity contribution is -0.137. The van der Waals surface area contributed by atoms with Gasteiger partial charge in [0.1, 0.15) is 5.60 Å². The van der Waals surface area contributed by atoms with Crippen molar-refractivity contribution in [2.45, 2.75) is 39.5 Å². The van der Waals surface area contributed by atoms with E-state index in [2.05, 4.69) is 0 Å². The molecule has 0 bridgehead atoms. The van der Waals surface area contributed by atoms with E-state index in [1.165, 1.54) is 16.7 Å². The van der Waals surface area contributed by atoms with Gasteiger partial charge >= 0.3 is 12.3 Å². The van der Waals surface area contributed by atoms with E-state index >= 15 is 0 Å². The zero-order valence-electron chi connectivity index (χ0n) is 15.5. The fraction of sp³-hybridized carbons (Fsp3) is 0.286. The first-order valence-corrected chi connectivity index (χ1v) is 8.49. The van der Waals surface area contributed by atoms with Gasteiger partial charge in [0.05, 0.1) is 16.8 Å². The number of carbonyl (C=O) groups is 1. The molecular formula is C21H20F3NO2. The molecule has 2 aromatic carbocycles. The molecule has 0 spiro atoms. The number of carbonyl (C=O) groups excluding carboxylic acids is 1. The maximum absolute atomic E-state index is 12.9. The summed E-state index contributed by atoms with van der Waals surface area (Å²) in [4.78, 5) is 12.8. The van der Waals surface area contributed by atoms with Gasteiger partial charge in [-0.25, -0.2) is 9.36 Å². The summed E-state index contributed by atoms with van der Waals surface area (Å²) in [5.41, 5.74) is 1.17. The van der Waals surface area contributed by atoms with Crippen LogP contribution in [0, 0.1) is 6.92 Å². The van der Waals surface area contributed by atoms with Crippen LogP contribution in [0.15, 0.2) is 48.5 Å². The molecule has 0 amide bonds. The molecule has 1 heterocycles. The fourth-order valence-corrected chi connectivity index (χ4v) is 2.93. The van der Waals surface area contributed by atoms with E-state index in [4.69, 9.17) is 4.74 Å². The van der Waals surface area contributed by atoms with Crippen molar-refractivity contribution in [3.63, 3.8) is 0 Å². The van der Waals surface area contributed by atoms with Crippen molar-refractivity contribution in [2.75, 3.05) is 0 Å². The molecule has 27 heavy (non-hydrogen) atoms. The van der Waals surface area contributed by atoms with Crippen molar-refractivity contribution < 1.29 is 22.7 Å². The summed E-state index contributed by atoms with van der Waals surface area (Å²) in [6.45, 7) is 7.21. The van der Waals surface area contributed by atoms with Crippen molar-refractivity contribution in [1.82, 2.24) is 4.57 Å². The number of rotatable bonds is 1. The van der Waals surface area contributed by atoms with Crippen molar-refractivity contribution in [3.05, 3.63) is 59.7 Å². The topological polar surface area (TPSA) is 31.2 Å². The van der Waals surface area contributed by atoms with Crippen molar-refractivity contribution in [3.8, 4) is 11.3 Å². The standard InChI is InChI=1S/C21H20F3NO2/c1-13-6-5-7-17-16(13)12-18(25(17)19(26)27-20(2,3)4)14-8-10-15(11-9-14)21(22,23)24/h5-12H,1-4H3. The summed E-state index contributed by atoms with van der Waals surface area (Å²) < 4.78 is 45.5. The van der Waals surface area contributed by atoms with Crippen LogP contribution in [0.25, 0.3) is 22.2 Å². The molecule has 0 saturated heterocycles. The summed E-state index contributed by atoms with van der Waals surface area (Å²) >= 11 is 0. The highest BCUT2D eigenvalue weighted by atomic mass is 19.4. The Bertz CT molecular complexity index is 993. The lowest BCUT2D eigenvalue weighted by Crippen LogP contribution is -2.27. The number of halogens is 3. The Labute approximate surface area is 155 Å². The summed E-state index contributed by atoms with van der Waals surface area (Å²) in [6.07, 6.45) is -4.98. The molecule has 0 aliphatic rings. The summed E-state index contributed by atoms with van der Waals surface area (Å²) in [6, 6.07) is 12.1. The van der Waals surface area contributed by atoms with E-state index in [1.807, 2.05) is 19.1 Å². The minimum absolute atomic E-state index is 0.488. The Kier molecular flexibility index (Phi) is 4.54. The molecule has 1 aromatic heterocycles. The number of hydrogen-bond donors (Lipinski definition) is 0. The van der Waals surface area contributed by atoms with Crippen LogP contribution < -0.4 is 0 Å². The molecule has 3 nitrogen and oxygen atoms in total. The van der Waals surface area contributed by atoms with Crippen molar-refractivity contribution in [1.29, 1.82) is 0 Å². The van der Waals surface area contributed by atoms with Crippen LogP contribution >= 0.6 is 0 Å². The maximum atomic E-state index is 12.9. The molecule has 6 heteroatoms. The van der Waals surface area contributed by atoms with Gasteiger partial charge in [0.25, 0.3) is 0 Å². The van der Waals surface area contributed by atoms with E-state index in [0.717, 1.165) is 23.1 Å². The van der Waals surface area contributed by atoms with Crippen molar-refractivity contribution in [2.24, 2.45) is 0 Å². The number of fused-ring (bicyclic) bond motifs is 1. The van der Waals surface area contributed by atoms with Gasteiger partial charge in [-0.05, 0) is 63.1 Å². The van der Waals surface area contributed by atoms with Crippen LogP contribution in [0.1, 0.15) is 31.9 Å². The Balaban J connectivity index is 2.19. The SMILES string of the molecule is Cc1cccc2c1cc(-c1ccc(C(F)(F)F)cc1)n2C(=O)OC(C)(C)C. The molecule has 0 N–H and O–H groups in total. The number of benzene rings is 2. The van der Waals surface area contributed by atoms with Gasteiger partial charge in [0, 0.05) is 5.39 Å². The number of alkyl halides is 3. The second-order valence-corrected chi connectivity index (χ2v) is 7.43. The molecule has 0 fully saturated rings. The van der Waals surface area contributed by atoms with Crippen molar-refractivity contribution >= 4 is 17.0 Å². The molecule has 0 unspecified atom stereocenters. The van der Waals surface area contributed by atoms with Gasteiger partial charge in [-0.15, -0.1) is 0 Å². The van der Waals surface area contributed by atoms with Gasteiger partial charge < -0.3 is 4.74 Å². The zero-order chi connectivity index (χ0) is 20.0. The Morgan fingerprint density at radius 1 is 1.00 bits per heavy atom. The zero-order valence-corrected chi connectivity index (χ0v) is 15.5. The summed E-state index contributed by atoms with van der Waals surface area (Å²) in [7, 11) is 0. The first-order valence-electron chi connectivity index (χ1n) is 8.49. The molecule has 3 rings (SSSR count). The van der Waals surface area contributed by atoms with E-state index in [9.17, 15) is 18.0 Å². The predicted molar refractivity (Wildman–Crippen MR) is 98.7 cm³/mol. The number of nitrogens with zero attached hydrogens (tertiary/aromatic N) is 1. The van der Waals surface area contributed by atoms with Gasteiger partial charge in [-0.1, -0.05) is 24.3 Å². The largest absolute Gasteiger partial charge is 0.443 e. The fourth-order valence-electron chi connectivity index (χ4n) is 2.93. The Morgan fingerprint density at radius 3 is 2.19 bits per heavy atom. The van der Waals surface area contributed by atoms with Gasteiger partial charge in [0.15, 0.2) is 0 Å². The third-order valence-electron chi connectivity index (χ3n) is 4.15. The van der Waals surface area contributed by atoms with Crippen LogP contribution in [0.4, 0.5) is 18.0 Å². The van der Waals surface area contributed by atoms with Crippen LogP contribution in [-0.2, 0) is 10.9 Å². The summed E-state index contributed by atoms with van der Waals surface area (Å²) in [5.74, 6) is 0. The van der Waals surface area contributed by atoms with Crippen LogP contribution in [0.3, 0.4) is 0 Å². The first-order chi connectivity index (χ1) is 12.5. The molecule has 0 saturated carbocycles. The monoisotopic (exact) mass is 375 g/mol. The molecule has 0 aliphatic heterocycles. The van der Waals surface area contributed by atoms with Crippen LogP contribution in [-0.4, -0.2) is 16.3 Å². The normalized spacial score (nSPS) is 12.4. The van der Waals surface area contributed by atoms with Crippen LogP contribution in [0.5, 0.6) is 0 Å². The highest BCUT2D eigenvalue weighted by molar-refractivity contribution is 5.97. The van der Waals surface area contributed by atoms with Gasteiger partial charge in [-0.3, -0.25) is 0 Å². The van der Waals surface area contributed by atoms with E-state index in [0.29, 0.717) is 16.8 Å². The first kappa shape index (κ1) is 19.0. The number of ether oxygens (including phenoxy) is 1. The van der Waals surface area contributed by atoms with Gasteiger partial charge in [0.2, 0.25) is 0 Å². The molecule has 142 valence electrons. The Hall–Kier alpha value is -2.76. The Morgan fingerprint density at radius 2 is 1.63 bits per heavy atom. The lowest BCUT2D eigenvalue weighted by atomic mass is 10.1. The second kappa shape index (κ2) is 6.44. The van der Waals surface area contributed by atoms with E-state index < -0.39 is 23.4 Å². The molecule has 0 atom stereocenters. The third-order valence-corrected chi connectivity index (χ3v) is 4.15. The average Bonchev–Trinajstić information content (AvgIpc) is 2.93. The highest BCUT2D eigenvalue weighted by Crippen LogP contribution is 2.34. The second-order valence-electron chi connectivity index (χ2n) is 7.43. The van der Waals surface area contributed by atoms with E-state index in [1.54, 1.807) is 32.9 Å². The van der Waals surface area contributed by atoms with E-state index in [-0.39, 0.29) is 0 Å². The molecule has 0 aliphatic carbocycles. The molecule has 0 radical (unpaired) electrons. The summed E-state index contributed by atoms with van der Waals surface area (Å²) in [5, 5.41) is 0.846.